The van der Waals surface area contributed by atoms with Crippen molar-refractivity contribution < 1.29 is 8.42 Å². The Morgan fingerprint density at radius 3 is 2.12 bits per heavy atom. The highest BCUT2D eigenvalue weighted by molar-refractivity contribution is 7.87. The van der Waals surface area contributed by atoms with E-state index in [0.717, 1.165) is 39.3 Å². The molecule has 0 aliphatic carbocycles. The Labute approximate surface area is 105 Å². The van der Waals surface area contributed by atoms with Gasteiger partial charge < -0.3 is 4.90 Å². The summed E-state index contributed by atoms with van der Waals surface area (Å²) in [5.74, 6) is 0. The fraction of sp³-hybridized carbons (Fsp3) is 1.00. The first-order valence-corrected chi connectivity index (χ1v) is 7.74. The third-order valence-corrected chi connectivity index (χ3v) is 4.22. The minimum atomic E-state index is -3.28. The van der Waals surface area contributed by atoms with Crippen molar-refractivity contribution in [3.05, 3.63) is 0 Å². The Bertz CT molecular complexity index is 299. The highest BCUT2D eigenvalue weighted by Crippen LogP contribution is 1.99. The van der Waals surface area contributed by atoms with Crippen LogP contribution in [0.15, 0.2) is 0 Å². The Balaban J connectivity index is 2.16. The van der Waals surface area contributed by atoms with Gasteiger partial charge in [-0.2, -0.15) is 8.42 Å². The van der Waals surface area contributed by atoms with Crippen molar-refractivity contribution >= 4 is 10.2 Å². The van der Waals surface area contributed by atoms with E-state index in [1.165, 1.54) is 0 Å². The molecule has 0 aromatic carbocycles. The van der Waals surface area contributed by atoms with Crippen molar-refractivity contribution in [1.82, 2.24) is 19.2 Å². The van der Waals surface area contributed by atoms with Crippen molar-refractivity contribution in [3.63, 3.8) is 0 Å². The lowest BCUT2D eigenvalue weighted by Gasteiger charge is -2.33. The van der Waals surface area contributed by atoms with Gasteiger partial charge in [-0.1, -0.05) is 13.8 Å². The van der Waals surface area contributed by atoms with Gasteiger partial charge in [-0.25, -0.2) is 9.44 Å². The van der Waals surface area contributed by atoms with E-state index < -0.39 is 10.2 Å². The monoisotopic (exact) mass is 264 g/mol. The first kappa shape index (κ1) is 14.8. The van der Waals surface area contributed by atoms with Gasteiger partial charge in [0.05, 0.1) is 0 Å². The summed E-state index contributed by atoms with van der Waals surface area (Å²) >= 11 is 0. The van der Waals surface area contributed by atoms with Gasteiger partial charge >= 0.3 is 0 Å². The van der Waals surface area contributed by atoms with Crippen LogP contribution < -0.4 is 9.44 Å². The summed E-state index contributed by atoms with van der Waals surface area (Å²) in [7, 11) is -3.28. The van der Waals surface area contributed by atoms with E-state index in [1.54, 1.807) is 6.92 Å². The van der Waals surface area contributed by atoms with Gasteiger partial charge in [0.15, 0.2) is 0 Å². The molecule has 1 aliphatic heterocycles. The number of nitrogens with one attached hydrogen (secondary N) is 2. The quantitative estimate of drug-likeness (QED) is 0.623. The van der Waals surface area contributed by atoms with E-state index in [-0.39, 0.29) is 0 Å². The van der Waals surface area contributed by atoms with Gasteiger partial charge in [-0.3, -0.25) is 4.90 Å². The standard InChI is InChI=1S/C10H24N4O2S/c1-3-11-17(15,16)12-5-6-14-9-7-13(4-2)8-10-14/h11-12H,3-10H2,1-2H3. The lowest BCUT2D eigenvalue weighted by atomic mass is 10.3. The third kappa shape index (κ3) is 5.78. The van der Waals surface area contributed by atoms with Gasteiger partial charge in [0.2, 0.25) is 0 Å². The van der Waals surface area contributed by atoms with Crippen LogP contribution >= 0.6 is 0 Å². The molecule has 0 unspecified atom stereocenters. The number of likely N-dealkylation sites (N-methyl/N-ethyl adjacent to an activating group) is 1. The molecule has 0 aromatic rings. The average molecular weight is 264 g/mol. The van der Waals surface area contributed by atoms with E-state index >= 15 is 0 Å². The third-order valence-electron chi connectivity index (χ3n) is 2.97. The Morgan fingerprint density at radius 2 is 1.59 bits per heavy atom. The SMILES string of the molecule is CCNS(=O)(=O)NCCN1CCN(CC)CC1. The molecule has 1 fully saturated rings. The number of rotatable bonds is 7. The first-order valence-electron chi connectivity index (χ1n) is 6.26. The van der Waals surface area contributed by atoms with Crippen molar-refractivity contribution in [1.29, 1.82) is 0 Å². The maximum absolute atomic E-state index is 11.3. The molecule has 1 heterocycles. The van der Waals surface area contributed by atoms with Crippen LogP contribution in [0.2, 0.25) is 0 Å². The zero-order valence-corrected chi connectivity index (χ0v) is 11.6. The van der Waals surface area contributed by atoms with Crippen LogP contribution in [-0.4, -0.2) is 70.6 Å². The molecule has 102 valence electrons. The molecule has 0 aromatic heterocycles. The highest BCUT2D eigenvalue weighted by atomic mass is 32.2. The second-order valence-corrected chi connectivity index (χ2v) is 5.76. The summed E-state index contributed by atoms with van der Waals surface area (Å²) in [5.41, 5.74) is 0. The van der Waals surface area contributed by atoms with Crippen molar-refractivity contribution in [2.45, 2.75) is 13.8 Å². The number of hydrogen-bond acceptors (Lipinski definition) is 4. The van der Waals surface area contributed by atoms with Crippen LogP contribution in [0.3, 0.4) is 0 Å². The lowest BCUT2D eigenvalue weighted by Crippen LogP contribution is -2.48. The molecule has 0 atom stereocenters. The molecule has 1 saturated heterocycles. The summed E-state index contributed by atoms with van der Waals surface area (Å²) in [6.45, 7) is 10.9. The fourth-order valence-corrected chi connectivity index (χ4v) is 2.75. The molecule has 0 amide bonds. The van der Waals surface area contributed by atoms with Crippen LogP contribution in [0, 0.1) is 0 Å². The summed E-state index contributed by atoms with van der Waals surface area (Å²) in [6, 6.07) is 0. The molecule has 17 heavy (non-hydrogen) atoms. The molecule has 7 heteroatoms. The van der Waals surface area contributed by atoms with Crippen LogP contribution in [-0.2, 0) is 10.2 Å². The molecule has 0 spiro atoms. The van der Waals surface area contributed by atoms with Gasteiger partial charge in [0, 0.05) is 45.8 Å². The van der Waals surface area contributed by atoms with Crippen molar-refractivity contribution in [3.8, 4) is 0 Å². The summed E-state index contributed by atoms with van der Waals surface area (Å²) < 4.78 is 27.6. The second kappa shape index (κ2) is 7.27. The summed E-state index contributed by atoms with van der Waals surface area (Å²) in [4.78, 5) is 4.69. The van der Waals surface area contributed by atoms with E-state index in [4.69, 9.17) is 0 Å². The van der Waals surface area contributed by atoms with Gasteiger partial charge in [0.1, 0.15) is 0 Å². The molecular weight excluding hydrogens is 240 g/mol. The molecule has 1 rings (SSSR count). The van der Waals surface area contributed by atoms with Gasteiger partial charge in [-0.15, -0.1) is 0 Å². The van der Waals surface area contributed by atoms with E-state index in [0.29, 0.717) is 13.1 Å². The van der Waals surface area contributed by atoms with Gasteiger partial charge in [-0.05, 0) is 6.54 Å². The molecule has 0 radical (unpaired) electrons. The fourth-order valence-electron chi connectivity index (χ4n) is 1.91. The largest absolute Gasteiger partial charge is 0.301 e. The number of piperazine rings is 1. The summed E-state index contributed by atoms with van der Waals surface area (Å²) in [5, 5.41) is 0. The minimum Gasteiger partial charge on any atom is -0.301 e. The smallest absolute Gasteiger partial charge is 0.276 e. The molecule has 0 bridgehead atoms. The van der Waals surface area contributed by atoms with Crippen molar-refractivity contribution in [2.75, 3.05) is 52.4 Å². The first-order chi connectivity index (χ1) is 8.07. The predicted molar refractivity (Wildman–Crippen MR) is 69.2 cm³/mol. The predicted octanol–water partition coefficient (Wildman–Crippen LogP) is -0.932. The van der Waals surface area contributed by atoms with Gasteiger partial charge in [0.25, 0.3) is 10.2 Å². The number of nitrogens with zero attached hydrogens (tertiary/aromatic N) is 2. The maximum Gasteiger partial charge on any atom is 0.276 e. The van der Waals surface area contributed by atoms with E-state index in [2.05, 4.69) is 26.2 Å². The molecular formula is C10H24N4O2S. The zero-order chi connectivity index (χ0) is 12.7. The normalized spacial score (nSPS) is 19.6. The Hall–Kier alpha value is -0.210. The minimum absolute atomic E-state index is 0.421. The van der Waals surface area contributed by atoms with Crippen molar-refractivity contribution in [2.24, 2.45) is 0 Å². The molecule has 0 saturated carbocycles. The van der Waals surface area contributed by atoms with Crippen LogP contribution in [0.1, 0.15) is 13.8 Å². The maximum atomic E-state index is 11.3. The highest BCUT2D eigenvalue weighted by Gasteiger charge is 2.15. The topological polar surface area (TPSA) is 64.7 Å². The molecule has 2 N–H and O–H groups in total. The van der Waals surface area contributed by atoms with Crippen LogP contribution in [0.25, 0.3) is 0 Å². The average Bonchev–Trinajstić information content (AvgIpc) is 2.29. The van der Waals surface area contributed by atoms with E-state index in [1.807, 2.05) is 0 Å². The Morgan fingerprint density at radius 1 is 1.00 bits per heavy atom. The zero-order valence-electron chi connectivity index (χ0n) is 10.8. The van der Waals surface area contributed by atoms with E-state index in [9.17, 15) is 8.42 Å². The number of hydrogen-bond donors (Lipinski definition) is 2. The Kier molecular flexibility index (Phi) is 6.35. The molecule has 1 aliphatic rings. The van der Waals surface area contributed by atoms with Crippen LogP contribution in [0.5, 0.6) is 0 Å². The van der Waals surface area contributed by atoms with Crippen LogP contribution in [0.4, 0.5) is 0 Å². The summed E-state index contributed by atoms with van der Waals surface area (Å²) in [6.07, 6.45) is 0. The lowest BCUT2D eigenvalue weighted by molar-refractivity contribution is 0.139. The molecule has 6 nitrogen and oxygen atoms in total. The second-order valence-electron chi connectivity index (χ2n) is 4.17.